The van der Waals surface area contributed by atoms with Crippen molar-refractivity contribution in [3.05, 3.63) is 47.4 Å². The zero-order valence-corrected chi connectivity index (χ0v) is 21.3. The fourth-order valence-electron chi connectivity index (χ4n) is 3.88. The van der Waals surface area contributed by atoms with E-state index in [4.69, 9.17) is 19.4 Å². The van der Waals surface area contributed by atoms with Gasteiger partial charge in [0.15, 0.2) is 5.79 Å². The van der Waals surface area contributed by atoms with Gasteiger partial charge in [0.1, 0.15) is 23.1 Å². The molecule has 0 spiro atoms. The third-order valence-electron chi connectivity index (χ3n) is 5.51. The Kier molecular flexibility index (Phi) is 8.33. The Bertz CT molecular complexity index is 1070. The topological polar surface area (TPSA) is 81.6 Å². The molecule has 184 valence electrons. The van der Waals surface area contributed by atoms with Crippen LogP contribution in [0.5, 0.6) is 0 Å². The first-order valence-electron chi connectivity index (χ1n) is 11.2. The first kappa shape index (κ1) is 26.1. The van der Waals surface area contributed by atoms with Gasteiger partial charge in [-0.3, -0.25) is 4.31 Å². The lowest BCUT2D eigenvalue weighted by Gasteiger charge is -2.39. The number of benzene rings is 1. The summed E-state index contributed by atoms with van der Waals surface area (Å²) in [6, 6.07) is 6.10. The molecule has 0 aliphatic carbocycles. The van der Waals surface area contributed by atoms with E-state index in [1.165, 1.54) is 16.4 Å². The molecule has 0 amide bonds. The molecule has 0 radical (unpaired) electrons. The fraction of sp³-hybridized carbons (Fsp3) is 0.480. The van der Waals surface area contributed by atoms with Crippen molar-refractivity contribution >= 4 is 29.3 Å². The van der Waals surface area contributed by atoms with Crippen LogP contribution in [0.25, 0.3) is 17.3 Å². The molecule has 7 nitrogen and oxygen atoms in total. The van der Waals surface area contributed by atoms with Gasteiger partial charge in [0.2, 0.25) is 5.95 Å². The molecule has 2 heterocycles. The van der Waals surface area contributed by atoms with E-state index in [1.54, 1.807) is 25.4 Å². The van der Waals surface area contributed by atoms with E-state index < -0.39 is 16.8 Å². The van der Waals surface area contributed by atoms with Crippen LogP contribution < -0.4 is 4.31 Å². The number of carbonyl (C=O) groups excluding carboxylic acids is 1. The zero-order valence-electron chi connectivity index (χ0n) is 20.4. The highest BCUT2D eigenvalue weighted by Crippen LogP contribution is 2.33. The van der Waals surface area contributed by atoms with Crippen LogP contribution in [-0.2, 0) is 25.3 Å². The molecule has 1 aliphatic heterocycles. The Labute approximate surface area is 203 Å². The second-order valence-electron chi connectivity index (χ2n) is 9.05. The number of hydrogen-bond acceptors (Lipinski definition) is 6. The molecule has 9 heteroatoms. The first-order valence-corrected chi connectivity index (χ1v) is 12.7. The molecule has 34 heavy (non-hydrogen) atoms. The number of ether oxygens (including phenoxy) is 2. The molecule has 1 fully saturated rings. The quantitative estimate of drug-likeness (QED) is 0.502. The monoisotopic (exact) mass is 489 g/mol. The van der Waals surface area contributed by atoms with E-state index in [9.17, 15) is 13.4 Å². The van der Waals surface area contributed by atoms with Crippen molar-refractivity contribution in [3.63, 3.8) is 0 Å². The second kappa shape index (κ2) is 10.8. The van der Waals surface area contributed by atoms with E-state index in [0.717, 1.165) is 17.5 Å². The molecule has 1 saturated heterocycles. The summed E-state index contributed by atoms with van der Waals surface area (Å²) in [6.45, 7) is 7.70. The Morgan fingerprint density at radius 1 is 1.24 bits per heavy atom. The van der Waals surface area contributed by atoms with Crippen molar-refractivity contribution in [2.24, 2.45) is 0 Å². The highest BCUT2D eigenvalue weighted by Gasteiger charge is 2.34. The summed E-state index contributed by atoms with van der Waals surface area (Å²) in [5.74, 6) is -0.801. The van der Waals surface area contributed by atoms with Crippen molar-refractivity contribution in [2.75, 3.05) is 17.6 Å². The average Bonchev–Trinajstić information content (AvgIpc) is 2.76. The van der Waals surface area contributed by atoms with Crippen molar-refractivity contribution in [1.29, 1.82) is 0 Å². The molecule has 1 aromatic carbocycles. The summed E-state index contributed by atoms with van der Waals surface area (Å²) in [4.78, 5) is 20.5. The lowest BCUT2D eigenvalue weighted by Crippen LogP contribution is -2.44. The molecular formula is C25H32FN3O4S. The molecule has 0 saturated carbocycles. The highest BCUT2D eigenvalue weighted by atomic mass is 32.2. The standard InChI is InChI=1S/C25H32FN3O4S/c1-16(2)22-21(12-11-19-15-20(13-14-30)33-25(3,4)32-19)23(17-7-9-18(26)10-8-17)28-24(27-22)29(5)34(6)31/h7-12,14,16,19-20H,13,15H2,1-6H3/b12-11+. The van der Waals surface area contributed by atoms with Gasteiger partial charge in [-0.15, -0.1) is 0 Å². The van der Waals surface area contributed by atoms with Gasteiger partial charge >= 0.3 is 0 Å². The maximum absolute atomic E-state index is 13.6. The van der Waals surface area contributed by atoms with Crippen molar-refractivity contribution < 1.29 is 22.9 Å². The van der Waals surface area contributed by atoms with Gasteiger partial charge < -0.3 is 14.3 Å². The van der Waals surface area contributed by atoms with Crippen LogP contribution in [0.2, 0.25) is 0 Å². The fourth-order valence-corrected chi connectivity index (χ4v) is 4.20. The van der Waals surface area contributed by atoms with Gasteiger partial charge in [-0.2, -0.15) is 0 Å². The van der Waals surface area contributed by atoms with Gasteiger partial charge in [-0.05, 0) is 44.0 Å². The maximum atomic E-state index is 13.6. The van der Waals surface area contributed by atoms with E-state index in [1.807, 2.05) is 39.8 Å². The van der Waals surface area contributed by atoms with Crippen LogP contribution in [0.4, 0.5) is 10.3 Å². The molecule has 0 N–H and O–H groups in total. The molecule has 1 aliphatic rings. The smallest absolute Gasteiger partial charge is 0.237 e. The number of anilines is 1. The van der Waals surface area contributed by atoms with E-state index in [0.29, 0.717) is 30.0 Å². The number of carbonyl (C=O) groups is 1. The molecule has 3 unspecified atom stereocenters. The van der Waals surface area contributed by atoms with E-state index >= 15 is 0 Å². The zero-order chi connectivity index (χ0) is 25.0. The number of nitrogens with zero attached hydrogens (tertiary/aromatic N) is 3. The molecule has 0 bridgehead atoms. The summed E-state index contributed by atoms with van der Waals surface area (Å²) >= 11 is 0. The average molecular weight is 490 g/mol. The highest BCUT2D eigenvalue weighted by molar-refractivity contribution is 7.85. The molecule has 1 aromatic heterocycles. The molecular weight excluding hydrogens is 457 g/mol. The number of aldehydes is 1. The van der Waals surface area contributed by atoms with E-state index in [2.05, 4.69) is 0 Å². The van der Waals surface area contributed by atoms with Crippen LogP contribution >= 0.6 is 0 Å². The number of rotatable bonds is 8. The van der Waals surface area contributed by atoms with Crippen LogP contribution in [0.15, 0.2) is 30.3 Å². The molecule has 3 rings (SSSR count). The third kappa shape index (κ3) is 6.34. The van der Waals surface area contributed by atoms with Crippen molar-refractivity contribution in [2.45, 2.75) is 64.4 Å². The number of hydrogen-bond donors (Lipinski definition) is 0. The van der Waals surface area contributed by atoms with Gasteiger partial charge in [-0.1, -0.05) is 26.0 Å². The summed E-state index contributed by atoms with van der Waals surface area (Å²) in [6.07, 6.45) is 6.60. The normalized spacial score (nSPS) is 21.1. The van der Waals surface area contributed by atoms with Crippen LogP contribution in [-0.4, -0.2) is 51.8 Å². The van der Waals surface area contributed by atoms with Gasteiger partial charge in [-0.25, -0.2) is 18.6 Å². The predicted octanol–water partition coefficient (Wildman–Crippen LogP) is 4.65. The minimum Gasteiger partial charge on any atom is -0.347 e. The summed E-state index contributed by atoms with van der Waals surface area (Å²) in [5.41, 5.74) is 2.88. The van der Waals surface area contributed by atoms with Gasteiger partial charge in [0.25, 0.3) is 0 Å². The van der Waals surface area contributed by atoms with E-state index in [-0.39, 0.29) is 23.9 Å². The maximum Gasteiger partial charge on any atom is 0.237 e. The molecule has 2 aromatic rings. The van der Waals surface area contributed by atoms with Crippen LogP contribution in [0.3, 0.4) is 0 Å². The predicted molar refractivity (Wildman–Crippen MR) is 132 cm³/mol. The van der Waals surface area contributed by atoms with Gasteiger partial charge in [0, 0.05) is 37.3 Å². The van der Waals surface area contributed by atoms with Crippen molar-refractivity contribution in [1.82, 2.24) is 9.97 Å². The Balaban J connectivity index is 2.11. The summed E-state index contributed by atoms with van der Waals surface area (Å²) < 4.78 is 39.2. The Hall–Kier alpha value is -2.49. The van der Waals surface area contributed by atoms with Crippen molar-refractivity contribution in [3.8, 4) is 11.3 Å². The number of aromatic nitrogens is 2. The lowest BCUT2D eigenvalue weighted by molar-refractivity contribution is -0.289. The SMILES string of the molecule is CC(C)c1nc(N(C)S(C)=O)nc(-c2ccc(F)cc2)c1/C=C/C1CC(CC=O)OC(C)(C)O1. The molecule has 3 atom stereocenters. The van der Waals surface area contributed by atoms with Crippen LogP contribution in [0, 0.1) is 5.82 Å². The third-order valence-corrected chi connectivity index (χ3v) is 6.45. The lowest BCUT2D eigenvalue weighted by atomic mass is 9.97. The summed E-state index contributed by atoms with van der Waals surface area (Å²) in [7, 11) is 0.359. The minimum atomic E-state index is -1.31. The second-order valence-corrected chi connectivity index (χ2v) is 10.4. The first-order chi connectivity index (χ1) is 16.0. The van der Waals surface area contributed by atoms with Gasteiger partial charge in [0.05, 0.1) is 23.6 Å². The van der Waals surface area contributed by atoms with Crippen LogP contribution in [0.1, 0.15) is 57.7 Å². The Morgan fingerprint density at radius 2 is 1.91 bits per heavy atom. The number of halogens is 1. The Morgan fingerprint density at radius 3 is 2.50 bits per heavy atom. The summed E-state index contributed by atoms with van der Waals surface area (Å²) in [5, 5.41) is 0. The largest absolute Gasteiger partial charge is 0.347 e. The minimum absolute atomic E-state index is 0.0363.